The van der Waals surface area contributed by atoms with Crippen LogP contribution in [0.1, 0.15) is 19.3 Å². The van der Waals surface area contributed by atoms with Crippen LogP contribution in [-0.4, -0.2) is 49.0 Å². The third-order valence-corrected chi connectivity index (χ3v) is 4.35. The van der Waals surface area contributed by atoms with Gasteiger partial charge in [-0.25, -0.2) is 8.42 Å². The van der Waals surface area contributed by atoms with Crippen LogP contribution in [0, 0.1) is 0 Å². The molecule has 17 heavy (non-hydrogen) atoms. The van der Waals surface area contributed by atoms with Gasteiger partial charge in [-0.1, -0.05) is 0 Å². The van der Waals surface area contributed by atoms with Crippen LogP contribution >= 0.6 is 0 Å². The van der Waals surface area contributed by atoms with Gasteiger partial charge in [0.15, 0.2) is 9.84 Å². The molecule has 0 bridgehead atoms. The summed E-state index contributed by atoms with van der Waals surface area (Å²) in [7, 11) is -3.04. The molecule has 1 fully saturated rings. The summed E-state index contributed by atoms with van der Waals surface area (Å²) in [5, 5.41) is 11.0. The lowest BCUT2D eigenvalue weighted by molar-refractivity contribution is -0.137. The topological polar surface area (TPSA) is 127 Å². The highest BCUT2D eigenvalue weighted by Crippen LogP contribution is 2.11. The van der Waals surface area contributed by atoms with E-state index in [-0.39, 0.29) is 24.3 Å². The summed E-state index contributed by atoms with van der Waals surface area (Å²) in [5.74, 6) is -1.50. The number of carboxylic acid groups (broad SMARTS) is 1. The molecule has 2 atom stereocenters. The molecule has 1 amide bonds. The molecule has 1 rings (SSSR count). The molecule has 8 heteroatoms. The summed E-state index contributed by atoms with van der Waals surface area (Å²) in [5.41, 5.74) is 5.49. The van der Waals surface area contributed by atoms with Crippen molar-refractivity contribution in [3.8, 4) is 0 Å². The molecular weight excluding hydrogens is 248 g/mol. The Balaban J connectivity index is 2.37. The van der Waals surface area contributed by atoms with E-state index >= 15 is 0 Å². The van der Waals surface area contributed by atoms with E-state index in [0.717, 1.165) is 0 Å². The first-order chi connectivity index (χ1) is 7.80. The monoisotopic (exact) mass is 264 g/mol. The molecule has 0 radical (unpaired) electrons. The lowest BCUT2D eigenvalue weighted by atomic mass is 10.1. The number of rotatable bonds is 5. The van der Waals surface area contributed by atoms with Crippen molar-refractivity contribution in [1.29, 1.82) is 0 Å². The third-order valence-electron chi connectivity index (χ3n) is 2.58. The quantitative estimate of drug-likeness (QED) is 0.553. The van der Waals surface area contributed by atoms with E-state index in [1.165, 1.54) is 0 Å². The number of carbonyl (C=O) groups excluding carboxylic acids is 1. The maximum Gasteiger partial charge on any atom is 0.303 e. The van der Waals surface area contributed by atoms with Crippen molar-refractivity contribution in [2.24, 2.45) is 5.73 Å². The summed E-state index contributed by atoms with van der Waals surface area (Å²) in [6, 6.07) is -1.31. The van der Waals surface area contributed by atoms with Gasteiger partial charge in [0.25, 0.3) is 0 Å². The molecule has 1 aliphatic heterocycles. The second-order valence-corrected chi connectivity index (χ2v) is 6.38. The van der Waals surface area contributed by atoms with Crippen molar-refractivity contribution in [3.63, 3.8) is 0 Å². The molecule has 4 N–H and O–H groups in total. The standard InChI is InChI=1S/C9H16N2O5S/c10-7(1-2-8(12)13)9(14)11-6-3-4-17(15,16)5-6/h6-7H,1-5,10H2,(H,11,14)(H,12,13). The van der Waals surface area contributed by atoms with Crippen molar-refractivity contribution in [1.82, 2.24) is 5.32 Å². The molecule has 1 heterocycles. The maximum atomic E-state index is 11.5. The van der Waals surface area contributed by atoms with E-state index in [1.807, 2.05) is 0 Å². The molecule has 0 spiro atoms. The molecular formula is C9H16N2O5S. The van der Waals surface area contributed by atoms with Crippen LogP contribution in [-0.2, 0) is 19.4 Å². The van der Waals surface area contributed by atoms with Crippen molar-refractivity contribution < 1.29 is 23.1 Å². The van der Waals surface area contributed by atoms with E-state index in [0.29, 0.717) is 6.42 Å². The molecule has 0 aromatic carbocycles. The second-order valence-electron chi connectivity index (χ2n) is 4.15. The highest BCUT2D eigenvalue weighted by Gasteiger charge is 2.30. The summed E-state index contributed by atoms with van der Waals surface area (Å²) >= 11 is 0. The van der Waals surface area contributed by atoms with Gasteiger partial charge in [-0.2, -0.15) is 0 Å². The van der Waals surface area contributed by atoms with Crippen molar-refractivity contribution >= 4 is 21.7 Å². The lowest BCUT2D eigenvalue weighted by Crippen LogP contribution is -2.46. The fourth-order valence-electron chi connectivity index (χ4n) is 1.63. The molecule has 1 aliphatic rings. The molecule has 0 aliphatic carbocycles. The Hall–Kier alpha value is -1.15. The summed E-state index contributed by atoms with van der Waals surface area (Å²) in [4.78, 5) is 21.8. The molecule has 98 valence electrons. The number of sulfone groups is 1. The van der Waals surface area contributed by atoms with Gasteiger partial charge in [-0.05, 0) is 12.8 Å². The Morgan fingerprint density at radius 3 is 2.59 bits per heavy atom. The fourth-order valence-corrected chi connectivity index (χ4v) is 3.30. The first-order valence-electron chi connectivity index (χ1n) is 5.28. The van der Waals surface area contributed by atoms with Crippen molar-refractivity contribution in [2.75, 3.05) is 11.5 Å². The Labute approximate surface area is 99.3 Å². The van der Waals surface area contributed by atoms with E-state index in [2.05, 4.69) is 5.32 Å². The van der Waals surface area contributed by atoms with Crippen molar-refractivity contribution in [3.05, 3.63) is 0 Å². The van der Waals surface area contributed by atoms with Gasteiger partial charge in [0.1, 0.15) is 0 Å². The predicted octanol–water partition coefficient (Wildman–Crippen LogP) is -1.52. The minimum Gasteiger partial charge on any atom is -0.481 e. The summed E-state index contributed by atoms with van der Waals surface area (Å²) in [6.45, 7) is 0. The van der Waals surface area contributed by atoms with Crippen LogP contribution in [0.5, 0.6) is 0 Å². The summed E-state index contributed by atoms with van der Waals surface area (Å²) in [6.07, 6.45) is 0.248. The van der Waals surface area contributed by atoms with Crippen LogP contribution in [0.2, 0.25) is 0 Å². The average Bonchev–Trinajstić information content (AvgIpc) is 2.54. The van der Waals surface area contributed by atoms with Crippen LogP contribution in [0.15, 0.2) is 0 Å². The van der Waals surface area contributed by atoms with E-state index in [9.17, 15) is 18.0 Å². The van der Waals surface area contributed by atoms with Gasteiger partial charge in [0.05, 0.1) is 17.5 Å². The minimum absolute atomic E-state index is 0.0423. The SMILES string of the molecule is NC(CCC(=O)O)C(=O)NC1CCS(=O)(=O)C1. The highest BCUT2D eigenvalue weighted by molar-refractivity contribution is 7.91. The van der Waals surface area contributed by atoms with Gasteiger partial charge in [0.2, 0.25) is 5.91 Å². The minimum atomic E-state index is -3.04. The lowest BCUT2D eigenvalue weighted by Gasteiger charge is -2.15. The normalized spacial score (nSPS) is 24.2. The fraction of sp³-hybridized carbons (Fsp3) is 0.778. The smallest absolute Gasteiger partial charge is 0.303 e. The zero-order chi connectivity index (χ0) is 13.1. The van der Waals surface area contributed by atoms with Gasteiger partial charge < -0.3 is 16.2 Å². The van der Waals surface area contributed by atoms with Crippen LogP contribution in [0.4, 0.5) is 0 Å². The third kappa shape index (κ3) is 4.70. The second kappa shape index (κ2) is 5.46. The van der Waals surface area contributed by atoms with E-state index in [1.54, 1.807) is 0 Å². The zero-order valence-electron chi connectivity index (χ0n) is 9.26. The van der Waals surface area contributed by atoms with E-state index < -0.39 is 33.8 Å². The molecule has 1 saturated heterocycles. The predicted molar refractivity (Wildman–Crippen MR) is 60.0 cm³/mol. The molecule has 0 aromatic rings. The average molecular weight is 264 g/mol. The van der Waals surface area contributed by atoms with Gasteiger partial charge in [0, 0.05) is 12.5 Å². The number of nitrogens with two attached hydrogens (primary N) is 1. The van der Waals surface area contributed by atoms with Gasteiger partial charge in [-0.3, -0.25) is 9.59 Å². The van der Waals surface area contributed by atoms with Gasteiger partial charge in [-0.15, -0.1) is 0 Å². The Kier molecular flexibility index (Phi) is 4.47. The number of carboxylic acids is 1. The Morgan fingerprint density at radius 2 is 2.12 bits per heavy atom. The van der Waals surface area contributed by atoms with Gasteiger partial charge >= 0.3 is 5.97 Å². The number of carbonyl (C=O) groups is 2. The Bertz CT molecular complexity index is 406. The molecule has 2 unspecified atom stereocenters. The largest absolute Gasteiger partial charge is 0.481 e. The first-order valence-corrected chi connectivity index (χ1v) is 7.10. The number of hydrogen-bond acceptors (Lipinski definition) is 5. The molecule has 0 aromatic heterocycles. The maximum absolute atomic E-state index is 11.5. The van der Waals surface area contributed by atoms with Crippen LogP contribution < -0.4 is 11.1 Å². The Morgan fingerprint density at radius 1 is 1.47 bits per heavy atom. The number of amides is 1. The molecule has 7 nitrogen and oxygen atoms in total. The number of nitrogens with one attached hydrogen (secondary N) is 1. The molecule has 0 saturated carbocycles. The summed E-state index contributed by atoms with van der Waals surface area (Å²) < 4.78 is 22.3. The van der Waals surface area contributed by atoms with E-state index in [4.69, 9.17) is 10.8 Å². The zero-order valence-corrected chi connectivity index (χ0v) is 10.1. The number of hydrogen-bond donors (Lipinski definition) is 3. The highest BCUT2D eigenvalue weighted by atomic mass is 32.2. The van der Waals surface area contributed by atoms with Crippen LogP contribution in [0.25, 0.3) is 0 Å². The number of aliphatic carboxylic acids is 1. The first kappa shape index (κ1) is 13.9. The van der Waals surface area contributed by atoms with Crippen molar-refractivity contribution in [2.45, 2.75) is 31.3 Å². The van der Waals surface area contributed by atoms with Crippen LogP contribution in [0.3, 0.4) is 0 Å².